The first-order valence-corrected chi connectivity index (χ1v) is 8.88. The summed E-state index contributed by atoms with van der Waals surface area (Å²) >= 11 is 0. The van der Waals surface area contributed by atoms with Crippen LogP contribution in [0.5, 0.6) is 0 Å². The van der Waals surface area contributed by atoms with E-state index in [1.807, 2.05) is 55.3 Å². The zero-order valence-electron chi connectivity index (χ0n) is 15.8. The van der Waals surface area contributed by atoms with E-state index in [4.69, 9.17) is 0 Å². The van der Waals surface area contributed by atoms with Crippen LogP contribution < -0.4 is 0 Å². The zero-order valence-corrected chi connectivity index (χ0v) is 15.8. The Bertz CT molecular complexity index is 899. The van der Waals surface area contributed by atoms with Gasteiger partial charge in [-0.3, -0.25) is 9.48 Å². The fourth-order valence-corrected chi connectivity index (χ4v) is 3.23. The van der Waals surface area contributed by atoms with Gasteiger partial charge in [0.2, 0.25) is 0 Å². The molecule has 0 radical (unpaired) electrons. The van der Waals surface area contributed by atoms with E-state index in [2.05, 4.69) is 43.2 Å². The van der Waals surface area contributed by atoms with E-state index in [0.717, 1.165) is 16.8 Å². The van der Waals surface area contributed by atoms with Crippen LogP contribution in [0.25, 0.3) is 0 Å². The lowest BCUT2D eigenvalue weighted by atomic mass is 10.0. The Balaban J connectivity index is 1.99. The third kappa shape index (κ3) is 3.69. The van der Waals surface area contributed by atoms with Crippen molar-refractivity contribution in [1.29, 1.82) is 0 Å². The molecule has 2 aromatic carbocycles. The molecule has 3 aromatic rings. The van der Waals surface area contributed by atoms with Crippen molar-refractivity contribution in [2.45, 2.75) is 33.4 Å². The van der Waals surface area contributed by atoms with Crippen molar-refractivity contribution >= 4 is 5.91 Å². The highest BCUT2D eigenvalue weighted by atomic mass is 16.2. The number of aryl methyl sites for hydroxylation is 3. The quantitative estimate of drug-likeness (QED) is 0.684. The number of aromatic nitrogens is 2. The van der Waals surface area contributed by atoms with Gasteiger partial charge < -0.3 is 4.90 Å². The average Bonchev–Trinajstić information content (AvgIpc) is 2.99. The summed E-state index contributed by atoms with van der Waals surface area (Å²) in [4.78, 5) is 15.3. The van der Waals surface area contributed by atoms with Gasteiger partial charge in [0, 0.05) is 13.6 Å². The average molecular weight is 347 g/mol. The van der Waals surface area contributed by atoms with Crippen LogP contribution in [0.1, 0.15) is 45.8 Å². The molecule has 0 aliphatic rings. The van der Waals surface area contributed by atoms with E-state index < -0.39 is 0 Å². The number of amides is 1. The second-order valence-corrected chi connectivity index (χ2v) is 6.74. The monoisotopic (exact) mass is 347 g/mol. The van der Waals surface area contributed by atoms with Crippen LogP contribution in [0.3, 0.4) is 0 Å². The Kier molecular flexibility index (Phi) is 5.21. The van der Waals surface area contributed by atoms with Crippen molar-refractivity contribution in [3.8, 4) is 0 Å². The minimum absolute atomic E-state index is 0.00675. The summed E-state index contributed by atoms with van der Waals surface area (Å²) in [5.41, 5.74) is 4.92. The predicted octanol–water partition coefficient (Wildman–Crippen LogP) is 4.44. The summed E-state index contributed by atoms with van der Waals surface area (Å²) in [7, 11) is 1.82. The molecule has 4 heteroatoms. The lowest BCUT2D eigenvalue weighted by molar-refractivity contribution is 0.0662. The number of nitrogens with zero attached hydrogens (tertiary/aromatic N) is 3. The normalized spacial score (nSPS) is 12.0. The van der Waals surface area contributed by atoms with Gasteiger partial charge in [-0.15, -0.1) is 0 Å². The van der Waals surface area contributed by atoms with Crippen LogP contribution in [0, 0.1) is 13.8 Å². The van der Waals surface area contributed by atoms with Gasteiger partial charge in [0.15, 0.2) is 0 Å². The molecule has 26 heavy (non-hydrogen) atoms. The lowest BCUT2D eigenvalue weighted by Crippen LogP contribution is -2.34. The first-order valence-electron chi connectivity index (χ1n) is 8.88. The molecule has 3 rings (SSSR count). The predicted molar refractivity (Wildman–Crippen MR) is 104 cm³/mol. The second-order valence-electron chi connectivity index (χ2n) is 6.74. The second kappa shape index (κ2) is 7.56. The Morgan fingerprint density at radius 2 is 1.73 bits per heavy atom. The Morgan fingerprint density at radius 3 is 2.35 bits per heavy atom. The van der Waals surface area contributed by atoms with Crippen molar-refractivity contribution < 1.29 is 4.79 Å². The van der Waals surface area contributed by atoms with Gasteiger partial charge in [0.25, 0.3) is 5.91 Å². The molecule has 0 aliphatic heterocycles. The number of carbonyl (C=O) groups is 1. The first kappa shape index (κ1) is 17.9. The molecular weight excluding hydrogens is 322 g/mol. The molecule has 0 saturated carbocycles. The molecule has 0 aliphatic carbocycles. The van der Waals surface area contributed by atoms with Crippen molar-refractivity contribution in [3.63, 3.8) is 0 Å². The lowest BCUT2D eigenvalue weighted by Gasteiger charge is -2.30. The topological polar surface area (TPSA) is 38.1 Å². The maximum absolute atomic E-state index is 13.4. The zero-order chi connectivity index (χ0) is 18.7. The summed E-state index contributed by atoms with van der Waals surface area (Å²) in [6, 6.07) is 20.2. The van der Waals surface area contributed by atoms with E-state index in [1.165, 1.54) is 5.56 Å². The highest BCUT2D eigenvalue weighted by molar-refractivity contribution is 5.93. The molecule has 1 aromatic heterocycles. The third-order valence-electron chi connectivity index (χ3n) is 4.83. The van der Waals surface area contributed by atoms with E-state index in [9.17, 15) is 4.79 Å². The molecule has 4 nitrogen and oxygen atoms in total. The van der Waals surface area contributed by atoms with Crippen LogP contribution in [-0.2, 0) is 13.6 Å². The standard InChI is InChI=1S/C22H25N3O/c1-16-10-8-9-13-20(16)15-25(18(3)19-11-6-5-7-12-19)22(26)21-14-17(2)23-24(21)4/h5-14,18H,15H2,1-4H3/t18-/m1/s1. The Morgan fingerprint density at radius 1 is 1.08 bits per heavy atom. The molecular formula is C22H25N3O. The number of rotatable bonds is 5. The largest absolute Gasteiger partial charge is 0.326 e. The summed E-state index contributed by atoms with van der Waals surface area (Å²) in [5, 5.41) is 4.34. The van der Waals surface area contributed by atoms with Crippen LogP contribution in [-0.4, -0.2) is 20.6 Å². The van der Waals surface area contributed by atoms with Gasteiger partial charge in [-0.1, -0.05) is 54.6 Å². The third-order valence-corrected chi connectivity index (χ3v) is 4.83. The molecule has 0 spiro atoms. The maximum atomic E-state index is 13.4. The minimum Gasteiger partial charge on any atom is -0.326 e. The summed E-state index contributed by atoms with van der Waals surface area (Å²) in [6.45, 7) is 6.63. The molecule has 1 atom stereocenters. The van der Waals surface area contributed by atoms with Crippen LogP contribution in [0.4, 0.5) is 0 Å². The Labute approximate surface area is 155 Å². The van der Waals surface area contributed by atoms with Crippen molar-refractivity contribution in [3.05, 3.63) is 88.7 Å². The van der Waals surface area contributed by atoms with Crippen LogP contribution in [0.15, 0.2) is 60.7 Å². The van der Waals surface area contributed by atoms with E-state index >= 15 is 0 Å². The molecule has 134 valence electrons. The molecule has 0 bridgehead atoms. The molecule has 0 unspecified atom stereocenters. The van der Waals surface area contributed by atoms with Crippen LogP contribution >= 0.6 is 0 Å². The number of carbonyl (C=O) groups excluding carboxylic acids is 1. The van der Waals surface area contributed by atoms with Gasteiger partial charge in [0.1, 0.15) is 5.69 Å². The van der Waals surface area contributed by atoms with Crippen molar-refractivity contribution in [2.24, 2.45) is 7.05 Å². The molecule has 1 heterocycles. The smallest absolute Gasteiger partial charge is 0.272 e. The van der Waals surface area contributed by atoms with Crippen molar-refractivity contribution in [1.82, 2.24) is 14.7 Å². The fraction of sp³-hybridized carbons (Fsp3) is 0.273. The van der Waals surface area contributed by atoms with Crippen molar-refractivity contribution in [2.75, 3.05) is 0 Å². The summed E-state index contributed by atoms with van der Waals surface area (Å²) in [6.07, 6.45) is 0. The van der Waals surface area contributed by atoms with E-state index in [1.54, 1.807) is 4.68 Å². The van der Waals surface area contributed by atoms with Gasteiger partial charge in [-0.25, -0.2) is 0 Å². The Hall–Kier alpha value is -2.88. The van der Waals surface area contributed by atoms with E-state index in [-0.39, 0.29) is 11.9 Å². The summed E-state index contributed by atoms with van der Waals surface area (Å²) < 4.78 is 1.67. The highest BCUT2D eigenvalue weighted by Crippen LogP contribution is 2.25. The molecule has 0 saturated heterocycles. The van der Waals surface area contributed by atoms with Gasteiger partial charge in [-0.2, -0.15) is 5.10 Å². The highest BCUT2D eigenvalue weighted by Gasteiger charge is 2.25. The van der Waals surface area contributed by atoms with Gasteiger partial charge in [0.05, 0.1) is 11.7 Å². The minimum atomic E-state index is -0.0430. The summed E-state index contributed by atoms with van der Waals surface area (Å²) in [5.74, 6) is -0.00675. The fourth-order valence-electron chi connectivity index (χ4n) is 3.23. The van der Waals surface area contributed by atoms with Gasteiger partial charge in [-0.05, 0) is 43.5 Å². The SMILES string of the molecule is Cc1cc(C(=O)N(Cc2ccccc2C)[C@H](C)c2ccccc2)n(C)n1. The van der Waals surface area contributed by atoms with E-state index in [0.29, 0.717) is 12.2 Å². The number of hydrogen-bond donors (Lipinski definition) is 0. The van der Waals surface area contributed by atoms with Gasteiger partial charge >= 0.3 is 0 Å². The first-order chi connectivity index (χ1) is 12.5. The molecule has 0 N–H and O–H groups in total. The maximum Gasteiger partial charge on any atom is 0.272 e. The number of benzene rings is 2. The van der Waals surface area contributed by atoms with Crippen LogP contribution in [0.2, 0.25) is 0 Å². The molecule has 1 amide bonds. The molecule has 0 fully saturated rings. The number of hydrogen-bond acceptors (Lipinski definition) is 2.